The average molecular weight is 282 g/mol. The summed E-state index contributed by atoms with van der Waals surface area (Å²) in [6, 6.07) is -0.228. The lowest BCUT2D eigenvalue weighted by Gasteiger charge is -2.19. The second-order valence-corrected chi connectivity index (χ2v) is 4.81. The van der Waals surface area contributed by atoms with Gasteiger partial charge in [0.15, 0.2) is 6.10 Å². The topological polar surface area (TPSA) is 108 Å². The summed E-state index contributed by atoms with van der Waals surface area (Å²) in [7, 11) is 1.68. The van der Waals surface area contributed by atoms with Gasteiger partial charge >= 0.3 is 12.0 Å². The number of hydrogen-bond acceptors (Lipinski definition) is 4. The van der Waals surface area contributed by atoms with E-state index in [0.717, 1.165) is 5.56 Å². The minimum absolute atomic E-state index is 0.228. The van der Waals surface area contributed by atoms with Crippen molar-refractivity contribution in [3.05, 3.63) is 18.0 Å². The molecular formula is C12H18N4O4. The van der Waals surface area contributed by atoms with Crippen molar-refractivity contribution in [3.8, 4) is 0 Å². The Morgan fingerprint density at radius 3 is 3.00 bits per heavy atom. The van der Waals surface area contributed by atoms with Gasteiger partial charge in [0, 0.05) is 25.4 Å². The molecule has 8 nitrogen and oxygen atoms in total. The van der Waals surface area contributed by atoms with Crippen molar-refractivity contribution in [2.24, 2.45) is 0 Å². The third-order valence-corrected chi connectivity index (χ3v) is 3.19. The number of urea groups is 1. The molecule has 1 saturated heterocycles. The lowest BCUT2D eigenvalue weighted by Crippen LogP contribution is -2.40. The number of nitrogens with one attached hydrogen (secondary N) is 2. The Hall–Kier alpha value is -2.09. The molecule has 0 aromatic carbocycles. The predicted octanol–water partition coefficient (Wildman–Crippen LogP) is 0.183. The van der Waals surface area contributed by atoms with E-state index in [4.69, 9.17) is 9.84 Å². The molecule has 0 saturated carbocycles. The van der Waals surface area contributed by atoms with Crippen LogP contribution < -0.4 is 5.32 Å². The van der Waals surface area contributed by atoms with Gasteiger partial charge in [0.25, 0.3) is 0 Å². The summed E-state index contributed by atoms with van der Waals surface area (Å²) in [4.78, 5) is 24.1. The van der Waals surface area contributed by atoms with Crippen molar-refractivity contribution in [3.63, 3.8) is 0 Å². The molecule has 1 fully saturated rings. The molecule has 8 heteroatoms. The fourth-order valence-corrected chi connectivity index (χ4v) is 2.08. The van der Waals surface area contributed by atoms with Gasteiger partial charge in [-0.25, -0.2) is 9.59 Å². The number of rotatable bonds is 5. The molecular weight excluding hydrogens is 264 g/mol. The van der Waals surface area contributed by atoms with Crippen LogP contribution in [0.2, 0.25) is 0 Å². The molecule has 0 aliphatic carbocycles. The van der Waals surface area contributed by atoms with Gasteiger partial charge in [-0.3, -0.25) is 5.10 Å². The van der Waals surface area contributed by atoms with E-state index in [1.54, 1.807) is 19.4 Å². The predicted molar refractivity (Wildman–Crippen MR) is 69.0 cm³/mol. The van der Waals surface area contributed by atoms with E-state index in [0.29, 0.717) is 25.9 Å². The molecule has 0 bridgehead atoms. The maximum atomic E-state index is 11.9. The van der Waals surface area contributed by atoms with E-state index in [1.165, 1.54) is 4.90 Å². The van der Waals surface area contributed by atoms with Gasteiger partial charge in [-0.1, -0.05) is 0 Å². The van der Waals surface area contributed by atoms with Gasteiger partial charge in [-0.2, -0.15) is 5.10 Å². The number of hydrogen-bond donors (Lipinski definition) is 3. The molecule has 3 N–H and O–H groups in total. The highest BCUT2D eigenvalue weighted by atomic mass is 16.5. The Bertz CT molecular complexity index is 462. The number of carbonyl (C=O) groups is 2. The highest BCUT2D eigenvalue weighted by Crippen LogP contribution is 2.19. The molecule has 2 heterocycles. The SMILES string of the molecule is CN(Cc1cn[nH]c1)C(=O)NCC1CCC(C(=O)O)O1. The molecule has 2 rings (SSSR count). The Kier molecular flexibility index (Phi) is 4.57. The van der Waals surface area contributed by atoms with Gasteiger partial charge in [0.1, 0.15) is 0 Å². The number of aromatic nitrogens is 2. The number of carbonyl (C=O) groups excluding carboxylic acids is 1. The Labute approximate surface area is 116 Å². The Morgan fingerprint density at radius 2 is 2.40 bits per heavy atom. The first kappa shape index (κ1) is 14.3. The zero-order valence-corrected chi connectivity index (χ0v) is 11.2. The summed E-state index contributed by atoms with van der Waals surface area (Å²) in [6.07, 6.45) is 3.52. The van der Waals surface area contributed by atoms with Gasteiger partial charge in [0.2, 0.25) is 0 Å². The molecule has 1 aliphatic heterocycles. The molecule has 0 spiro atoms. The molecule has 20 heavy (non-hydrogen) atoms. The second-order valence-electron chi connectivity index (χ2n) is 4.81. The quantitative estimate of drug-likeness (QED) is 0.714. The molecule has 2 atom stereocenters. The summed E-state index contributed by atoms with van der Waals surface area (Å²) in [5.41, 5.74) is 0.908. The first-order chi connectivity index (χ1) is 9.56. The molecule has 110 valence electrons. The Balaban J connectivity index is 1.71. The number of aromatic amines is 1. The highest BCUT2D eigenvalue weighted by Gasteiger charge is 2.30. The zero-order chi connectivity index (χ0) is 14.5. The molecule has 1 aromatic heterocycles. The summed E-state index contributed by atoms with van der Waals surface area (Å²) >= 11 is 0. The lowest BCUT2D eigenvalue weighted by atomic mass is 10.2. The van der Waals surface area contributed by atoms with E-state index in [9.17, 15) is 9.59 Å². The first-order valence-electron chi connectivity index (χ1n) is 6.41. The van der Waals surface area contributed by atoms with Gasteiger partial charge in [-0.05, 0) is 12.8 Å². The monoisotopic (exact) mass is 282 g/mol. The van der Waals surface area contributed by atoms with Crippen molar-refractivity contribution in [1.82, 2.24) is 20.4 Å². The minimum Gasteiger partial charge on any atom is -0.479 e. The number of ether oxygens (including phenoxy) is 1. The van der Waals surface area contributed by atoms with Crippen LogP contribution in [-0.4, -0.2) is 58.0 Å². The maximum absolute atomic E-state index is 11.9. The lowest BCUT2D eigenvalue weighted by molar-refractivity contribution is -0.149. The Morgan fingerprint density at radius 1 is 1.60 bits per heavy atom. The second kappa shape index (κ2) is 6.38. The van der Waals surface area contributed by atoms with Crippen molar-refractivity contribution >= 4 is 12.0 Å². The van der Waals surface area contributed by atoms with Crippen LogP contribution in [0.3, 0.4) is 0 Å². The van der Waals surface area contributed by atoms with Crippen LogP contribution in [0, 0.1) is 0 Å². The van der Waals surface area contributed by atoms with Crippen molar-refractivity contribution < 1.29 is 19.4 Å². The summed E-state index contributed by atoms with van der Waals surface area (Å²) in [5.74, 6) is -0.948. The van der Waals surface area contributed by atoms with E-state index < -0.39 is 12.1 Å². The number of carboxylic acid groups (broad SMARTS) is 1. The molecule has 2 amide bonds. The normalized spacial score (nSPS) is 21.6. The highest BCUT2D eigenvalue weighted by molar-refractivity contribution is 5.74. The van der Waals surface area contributed by atoms with Crippen LogP contribution in [0.1, 0.15) is 18.4 Å². The fraction of sp³-hybridized carbons (Fsp3) is 0.583. The summed E-state index contributed by atoms with van der Waals surface area (Å²) in [5, 5.41) is 18.0. The van der Waals surface area contributed by atoms with Crippen LogP contribution in [-0.2, 0) is 16.1 Å². The minimum atomic E-state index is -0.948. The molecule has 1 aromatic rings. The molecule has 0 radical (unpaired) electrons. The van der Waals surface area contributed by atoms with Crippen LogP contribution in [0.25, 0.3) is 0 Å². The van der Waals surface area contributed by atoms with Crippen LogP contribution in [0.15, 0.2) is 12.4 Å². The van der Waals surface area contributed by atoms with Crippen LogP contribution in [0.5, 0.6) is 0 Å². The van der Waals surface area contributed by atoms with E-state index in [1.807, 2.05) is 0 Å². The molecule has 2 unspecified atom stereocenters. The number of carboxylic acids is 1. The number of nitrogens with zero attached hydrogens (tertiary/aromatic N) is 2. The zero-order valence-electron chi connectivity index (χ0n) is 11.2. The average Bonchev–Trinajstić information content (AvgIpc) is 3.06. The van der Waals surface area contributed by atoms with Crippen molar-refractivity contribution in [2.45, 2.75) is 31.6 Å². The smallest absolute Gasteiger partial charge is 0.332 e. The standard InChI is InChI=1S/C12H18N4O4/c1-16(7-8-4-14-15-5-8)12(19)13-6-9-2-3-10(20-9)11(17)18/h4-5,9-10H,2-3,6-7H2,1H3,(H,13,19)(H,14,15)(H,17,18). The molecule has 1 aliphatic rings. The van der Waals surface area contributed by atoms with E-state index in [-0.39, 0.29) is 12.1 Å². The van der Waals surface area contributed by atoms with Crippen LogP contribution in [0.4, 0.5) is 4.79 Å². The first-order valence-corrected chi connectivity index (χ1v) is 6.41. The number of H-pyrrole nitrogens is 1. The van der Waals surface area contributed by atoms with E-state index >= 15 is 0 Å². The third kappa shape index (κ3) is 3.70. The number of amides is 2. The fourth-order valence-electron chi connectivity index (χ4n) is 2.08. The van der Waals surface area contributed by atoms with E-state index in [2.05, 4.69) is 15.5 Å². The largest absolute Gasteiger partial charge is 0.479 e. The summed E-state index contributed by atoms with van der Waals surface area (Å²) < 4.78 is 5.31. The van der Waals surface area contributed by atoms with Crippen molar-refractivity contribution in [1.29, 1.82) is 0 Å². The van der Waals surface area contributed by atoms with Gasteiger partial charge in [0.05, 0.1) is 18.8 Å². The maximum Gasteiger partial charge on any atom is 0.332 e. The number of aliphatic carboxylic acids is 1. The van der Waals surface area contributed by atoms with Gasteiger partial charge in [-0.15, -0.1) is 0 Å². The van der Waals surface area contributed by atoms with Crippen molar-refractivity contribution in [2.75, 3.05) is 13.6 Å². The van der Waals surface area contributed by atoms with Gasteiger partial charge < -0.3 is 20.1 Å². The third-order valence-electron chi connectivity index (χ3n) is 3.19. The summed E-state index contributed by atoms with van der Waals surface area (Å²) in [6.45, 7) is 0.768. The van der Waals surface area contributed by atoms with Crippen LogP contribution >= 0.6 is 0 Å².